The fourth-order valence-electron chi connectivity index (χ4n) is 1.00. The number of ether oxygens (including phenoxy) is 1. The Kier molecular flexibility index (Phi) is 2.43. The summed E-state index contributed by atoms with van der Waals surface area (Å²) in [6.45, 7) is 1.42. The maximum atomic E-state index is 12.5. The molecule has 11 heavy (non-hydrogen) atoms. The van der Waals surface area contributed by atoms with Crippen LogP contribution < -0.4 is 0 Å². The molecule has 5 atom stereocenters. The van der Waals surface area contributed by atoms with Gasteiger partial charge in [-0.2, -0.15) is 0 Å². The molecule has 5 heteroatoms. The highest BCUT2D eigenvalue weighted by Gasteiger charge is 2.41. The molecule has 3 N–H and O–H groups in total. The highest BCUT2D eigenvalue weighted by Crippen LogP contribution is 2.21. The molecule has 1 aliphatic heterocycles. The van der Waals surface area contributed by atoms with Crippen LogP contribution in [0.1, 0.15) is 6.92 Å². The van der Waals surface area contributed by atoms with Crippen LogP contribution in [0.3, 0.4) is 0 Å². The van der Waals surface area contributed by atoms with E-state index in [9.17, 15) is 4.39 Å². The van der Waals surface area contributed by atoms with Gasteiger partial charge in [0.15, 0.2) is 0 Å². The average Bonchev–Trinajstić information content (AvgIpc) is 1.97. The SMILES string of the molecule is C[C@H]1OC(F)[C@H](O)[C@@H](O)[C@H]1O. The monoisotopic (exact) mass is 166 g/mol. The number of aliphatic hydroxyl groups excluding tert-OH is 3. The van der Waals surface area contributed by atoms with Gasteiger partial charge in [-0.3, -0.25) is 0 Å². The van der Waals surface area contributed by atoms with E-state index in [0.29, 0.717) is 0 Å². The molecule has 0 spiro atoms. The van der Waals surface area contributed by atoms with Crippen molar-refractivity contribution >= 4 is 0 Å². The van der Waals surface area contributed by atoms with Crippen molar-refractivity contribution in [1.82, 2.24) is 0 Å². The van der Waals surface area contributed by atoms with Gasteiger partial charge in [0.05, 0.1) is 6.10 Å². The maximum Gasteiger partial charge on any atom is 0.228 e. The van der Waals surface area contributed by atoms with Crippen molar-refractivity contribution in [2.24, 2.45) is 0 Å². The largest absolute Gasteiger partial charge is 0.388 e. The van der Waals surface area contributed by atoms with Gasteiger partial charge in [0.1, 0.15) is 18.3 Å². The highest BCUT2D eigenvalue weighted by molar-refractivity contribution is 4.86. The molecule has 0 bridgehead atoms. The molecule has 0 amide bonds. The summed E-state index contributed by atoms with van der Waals surface area (Å²) in [5.41, 5.74) is 0. The van der Waals surface area contributed by atoms with E-state index in [4.69, 9.17) is 15.3 Å². The summed E-state index contributed by atoms with van der Waals surface area (Å²) < 4.78 is 17.0. The summed E-state index contributed by atoms with van der Waals surface area (Å²) in [4.78, 5) is 0. The molecular weight excluding hydrogens is 155 g/mol. The first-order chi connectivity index (χ1) is 5.04. The third-order valence-corrected chi connectivity index (χ3v) is 1.79. The van der Waals surface area contributed by atoms with Crippen LogP contribution in [-0.4, -0.2) is 46.1 Å². The van der Waals surface area contributed by atoms with Crippen LogP contribution in [0.4, 0.5) is 4.39 Å². The number of halogens is 1. The number of rotatable bonds is 0. The van der Waals surface area contributed by atoms with E-state index in [1.165, 1.54) is 6.92 Å². The quantitative estimate of drug-likeness (QED) is 0.422. The topological polar surface area (TPSA) is 69.9 Å². The maximum absolute atomic E-state index is 12.5. The van der Waals surface area contributed by atoms with Crippen LogP contribution >= 0.6 is 0 Å². The van der Waals surface area contributed by atoms with E-state index in [-0.39, 0.29) is 0 Å². The van der Waals surface area contributed by atoms with Crippen LogP contribution in [0.2, 0.25) is 0 Å². The van der Waals surface area contributed by atoms with Crippen LogP contribution in [0.25, 0.3) is 0 Å². The lowest BCUT2D eigenvalue weighted by molar-refractivity contribution is -0.252. The predicted octanol–water partition coefficient (Wildman–Crippen LogP) is -1.22. The summed E-state index contributed by atoms with van der Waals surface area (Å²) >= 11 is 0. The minimum atomic E-state index is -1.91. The lowest BCUT2D eigenvalue weighted by Crippen LogP contribution is -2.55. The molecule has 4 nitrogen and oxygen atoms in total. The zero-order valence-corrected chi connectivity index (χ0v) is 6.01. The molecule has 1 heterocycles. The van der Waals surface area contributed by atoms with Crippen LogP contribution in [-0.2, 0) is 4.74 Å². The van der Waals surface area contributed by atoms with Gasteiger partial charge in [0.2, 0.25) is 6.36 Å². The molecule has 1 fully saturated rings. The zero-order chi connectivity index (χ0) is 8.59. The number of hydrogen-bond donors (Lipinski definition) is 3. The first-order valence-electron chi connectivity index (χ1n) is 3.37. The second-order valence-corrected chi connectivity index (χ2v) is 2.66. The van der Waals surface area contributed by atoms with Crippen molar-refractivity contribution in [3.05, 3.63) is 0 Å². The fourth-order valence-corrected chi connectivity index (χ4v) is 1.00. The lowest BCUT2D eigenvalue weighted by atomic mass is 10.0. The Hall–Kier alpha value is -0.230. The van der Waals surface area contributed by atoms with E-state index in [2.05, 4.69) is 4.74 Å². The minimum absolute atomic E-state index is 0.789. The van der Waals surface area contributed by atoms with Gasteiger partial charge in [0, 0.05) is 0 Å². The van der Waals surface area contributed by atoms with E-state index in [0.717, 1.165) is 0 Å². The van der Waals surface area contributed by atoms with Crippen molar-refractivity contribution in [2.45, 2.75) is 37.7 Å². The second-order valence-electron chi connectivity index (χ2n) is 2.66. The molecule has 0 aromatic heterocycles. The molecule has 0 saturated carbocycles. The predicted molar refractivity (Wildman–Crippen MR) is 33.5 cm³/mol. The molecule has 66 valence electrons. The highest BCUT2D eigenvalue weighted by atomic mass is 19.1. The van der Waals surface area contributed by atoms with Gasteiger partial charge in [-0.25, -0.2) is 4.39 Å². The summed E-state index contributed by atoms with van der Waals surface area (Å²) in [5.74, 6) is 0. The number of hydrogen-bond acceptors (Lipinski definition) is 4. The minimum Gasteiger partial charge on any atom is -0.388 e. The zero-order valence-electron chi connectivity index (χ0n) is 6.01. The van der Waals surface area contributed by atoms with Gasteiger partial charge < -0.3 is 20.1 Å². The molecule has 0 aromatic rings. The Morgan fingerprint density at radius 3 is 2.18 bits per heavy atom. The normalized spacial score (nSPS) is 52.6. The standard InChI is InChI=1S/C6H11FO4/c1-2-3(8)4(9)5(10)6(7)11-2/h2-6,8-10H,1H3/t2-,3+,4+,5-,6?/m1/s1. The van der Waals surface area contributed by atoms with Gasteiger partial charge in [0.25, 0.3) is 0 Å². The van der Waals surface area contributed by atoms with E-state index < -0.39 is 30.8 Å². The Labute approximate surface area is 63.2 Å². The average molecular weight is 166 g/mol. The van der Waals surface area contributed by atoms with Crippen molar-refractivity contribution in [3.8, 4) is 0 Å². The lowest BCUT2D eigenvalue weighted by Gasteiger charge is -2.35. The van der Waals surface area contributed by atoms with Crippen LogP contribution in [0, 0.1) is 0 Å². The molecule has 0 radical (unpaired) electrons. The molecule has 1 unspecified atom stereocenters. The Morgan fingerprint density at radius 2 is 1.64 bits per heavy atom. The van der Waals surface area contributed by atoms with Crippen molar-refractivity contribution < 1.29 is 24.4 Å². The fraction of sp³-hybridized carbons (Fsp3) is 1.00. The van der Waals surface area contributed by atoms with Crippen LogP contribution in [0.5, 0.6) is 0 Å². The van der Waals surface area contributed by atoms with Crippen LogP contribution in [0.15, 0.2) is 0 Å². The summed E-state index contributed by atoms with van der Waals surface area (Å²) in [6, 6.07) is 0. The number of alkyl halides is 1. The van der Waals surface area contributed by atoms with Gasteiger partial charge >= 0.3 is 0 Å². The Bertz CT molecular complexity index is 129. The Morgan fingerprint density at radius 1 is 1.09 bits per heavy atom. The molecule has 1 rings (SSSR count). The molecule has 0 aromatic carbocycles. The van der Waals surface area contributed by atoms with Gasteiger partial charge in [-0.1, -0.05) is 0 Å². The summed E-state index contributed by atoms with van der Waals surface area (Å²) in [7, 11) is 0. The van der Waals surface area contributed by atoms with Crippen molar-refractivity contribution in [1.29, 1.82) is 0 Å². The third kappa shape index (κ3) is 1.51. The molecule has 0 aliphatic carbocycles. The van der Waals surface area contributed by atoms with Gasteiger partial charge in [-0.05, 0) is 6.92 Å². The molecular formula is C6H11FO4. The third-order valence-electron chi connectivity index (χ3n) is 1.79. The number of aliphatic hydroxyl groups is 3. The summed E-state index contributed by atoms with van der Waals surface area (Å²) in [6.07, 6.45) is -7.04. The first-order valence-corrected chi connectivity index (χ1v) is 3.37. The van der Waals surface area contributed by atoms with Gasteiger partial charge in [-0.15, -0.1) is 0 Å². The van der Waals surface area contributed by atoms with E-state index in [1.54, 1.807) is 0 Å². The first kappa shape index (κ1) is 8.86. The Balaban J connectivity index is 2.63. The second kappa shape index (κ2) is 3.02. The van der Waals surface area contributed by atoms with E-state index in [1.807, 2.05) is 0 Å². The van der Waals surface area contributed by atoms with Crippen molar-refractivity contribution in [2.75, 3.05) is 0 Å². The molecule has 1 saturated heterocycles. The smallest absolute Gasteiger partial charge is 0.228 e. The van der Waals surface area contributed by atoms with E-state index >= 15 is 0 Å². The van der Waals surface area contributed by atoms with Crippen molar-refractivity contribution in [3.63, 3.8) is 0 Å². The molecule has 1 aliphatic rings. The summed E-state index contributed by atoms with van der Waals surface area (Å²) in [5, 5.41) is 26.8.